The summed E-state index contributed by atoms with van der Waals surface area (Å²) in [6, 6.07) is 10.5. The van der Waals surface area contributed by atoms with Gasteiger partial charge in [-0.2, -0.15) is 0 Å². The zero-order valence-electron chi connectivity index (χ0n) is 13.3. The third-order valence-electron chi connectivity index (χ3n) is 4.13. The second-order valence-electron chi connectivity index (χ2n) is 5.50. The summed E-state index contributed by atoms with van der Waals surface area (Å²) in [6.07, 6.45) is 1.44. The number of para-hydroxylation sites is 1. The number of aromatic nitrogens is 3. The van der Waals surface area contributed by atoms with Crippen LogP contribution in [0.25, 0.3) is 0 Å². The Kier molecular flexibility index (Phi) is 4.87. The van der Waals surface area contributed by atoms with Crippen molar-refractivity contribution in [1.29, 1.82) is 0 Å². The molecule has 0 saturated carbocycles. The Bertz CT molecular complexity index is 635. The van der Waals surface area contributed by atoms with Gasteiger partial charge in [-0.25, -0.2) is 9.48 Å². The largest absolute Gasteiger partial charge is 0.464 e. The van der Waals surface area contributed by atoms with Gasteiger partial charge in [0.1, 0.15) is 0 Å². The second kappa shape index (κ2) is 7.23. The summed E-state index contributed by atoms with van der Waals surface area (Å²) in [5.74, 6) is -0.399. The molecule has 0 aliphatic carbocycles. The molecular formula is C16H21N5O2. The van der Waals surface area contributed by atoms with Crippen molar-refractivity contribution in [3.63, 3.8) is 0 Å². The van der Waals surface area contributed by atoms with Gasteiger partial charge in [-0.3, -0.25) is 4.90 Å². The van der Waals surface area contributed by atoms with E-state index < -0.39 is 5.97 Å². The van der Waals surface area contributed by atoms with Crippen LogP contribution in [0.3, 0.4) is 0 Å². The molecule has 3 rings (SSSR count). The maximum absolute atomic E-state index is 11.6. The summed E-state index contributed by atoms with van der Waals surface area (Å²) in [7, 11) is 1.36. The Morgan fingerprint density at radius 1 is 1.13 bits per heavy atom. The highest BCUT2D eigenvalue weighted by Crippen LogP contribution is 2.15. The van der Waals surface area contributed by atoms with Crippen molar-refractivity contribution in [3.05, 3.63) is 42.2 Å². The Morgan fingerprint density at radius 3 is 2.57 bits per heavy atom. The topological polar surface area (TPSA) is 63.5 Å². The van der Waals surface area contributed by atoms with E-state index in [0.717, 1.165) is 32.7 Å². The zero-order chi connectivity index (χ0) is 16.1. The lowest BCUT2D eigenvalue weighted by atomic mass is 10.2. The lowest BCUT2D eigenvalue weighted by molar-refractivity contribution is 0.0585. The highest BCUT2D eigenvalue weighted by Gasteiger charge is 2.18. The van der Waals surface area contributed by atoms with Crippen molar-refractivity contribution in [2.45, 2.75) is 6.54 Å². The molecule has 0 radical (unpaired) electrons. The van der Waals surface area contributed by atoms with Crippen molar-refractivity contribution >= 4 is 11.7 Å². The molecule has 1 fully saturated rings. The molecule has 0 bridgehead atoms. The Hall–Kier alpha value is -2.41. The standard InChI is InChI=1S/C16H21N5O2/c1-23-16(22)15-13-17-18-21(15)12-9-19-7-10-20(11-8-19)14-5-3-2-4-6-14/h2-6,13H,7-12H2,1H3. The molecule has 0 atom stereocenters. The molecule has 1 aromatic carbocycles. The number of carbonyl (C=O) groups is 1. The summed E-state index contributed by atoms with van der Waals surface area (Å²) in [5.41, 5.74) is 1.67. The number of nitrogens with zero attached hydrogens (tertiary/aromatic N) is 5. The predicted molar refractivity (Wildman–Crippen MR) is 86.5 cm³/mol. The van der Waals surface area contributed by atoms with E-state index in [1.807, 2.05) is 6.07 Å². The SMILES string of the molecule is COC(=O)c1cnnn1CCN1CCN(c2ccccc2)CC1. The Balaban J connectivity index is 1.50. The normalized spacial score (nSPS) is 15.6. The monoisotopic (exact) mass is 315 g/mol. The average molecular weight is 315 g/mol. The van der Waals surface area contributed by atoms with Crippen LogP contribution in [0.2, 0.25) is 0 Å². The van der Waals surface area contributed by atoms with Crippen LogP contribution in [0, 0.1) is 0 Å². The van der Waals surface area contributed by atoms with E-state index in [4.69, 9.17) is 4.74 Å². The van der Waals surface area contributed by atoms with Crippen molar-refractivity contribution in [2.75, 3.05) is 44.7 Å². The fourth-order valence-electron chi connectivity index (χ4n) is 2.79. The van der Waals surface area contributed by atoms with Crippen LogP contribution in [0.4, 0.5) is 5.69 Å². The third-order valence-corrected chi connectivity index (χ3v) is 4.13. The zero-order valence-corrected chi connectivity index (χ0v) is 13.3. The number of anilines is 1. The minimum absolute atomic E-state index is 0.399. The summed E-state index contributed by atoms with van der Waals surface area (Å²) in [4.78, 5) is 16.4. The first-order chi connectivity index (χ1) is 11.3. The Labute approximate surface area is 135 Å². The smallest absolute Gasteiger partial charge is 0.358 e. The third kappa shape index (κ3) is 3.68. The molecule has 0 N–H and O–H groups in total. The van der Waals surface area contributed by atoms with E-state index in [0.29, 0.717) is 12.2 Å². The number of benzene rings is 1. The fraction of sp³-hybridized carbons (Fsp3) is 0.438. The quantitative estimate of drug-likeness (QED) is 0.764. The lowest BCUT2D eigenvalue weighted by Crippen LogP contribution is -2.47. The molecule has 7 heteroatoms. The van der Waals surface area contributed by atoms with Crippen molar-refractivity contribution in [1.82, 2.24) is 19.9 Å². The van der Waals surface area contributed by atoms with E-state index in [1.165, 1.54) is 19.0 Å². The molecule has 0 unspecified atom stereocenters. The predicted octanol–water partition coefficient (Wildman–Crippen LogP) is 0.887. The molecule has 0 amide bonds. The number of hydrogen-bond acceptors (Lipinski definition) is 6. The number of rotatable bonds is 5. The van der Waals surface area contributed by atoms with E-state index in [2.05, 4.69) is 44.4 Å². The molecule has 0 spiro atoms. The average Bonchev–Trinajstić information content (AvgIpc) is 3.09. The van der Waals surface area contributed by atoms with Gasteiger partial charge in [0.15, 0.2) is 5.69 Å². The minimum atomic E-state index is -0.399. The van der Waals surface area contributed by atoms with E-state index >= 15 is 0 Å². The number of methoxy groups -OCH3 is 1. The molecule has 7 nitrogen and oxygen atoms in total. The molecule has 2 aromatic rings. The van der Waals surface area contributed by atoms with Gasteiger partial charge < -0.3 is 9.64 Å². The van der Waals surface area contributed by atoms with Gasteiger partial charge in [-0.1, -0.05) is 23.4 Å². The summed E-state index contributed by atoms with van der Waals surface area (Å²) < 4.78 is 6.34. The molecule has 122 valence electrons. The first kappa shape index (κ1) is 15.5. The van der Waals surface area contributed by atoms with E-state index in [1.54, 1.807) is 4.68 Å². The van der Waals surface area contributed by atoms with Crippen LogP contribution >= 0.6 is 0 Å². The van der Waals surface area contributed by atoms with Crippen LogP contribution in [0.1, 0.15) is 10.5 Å². The first-order valence-electron chi connectivity index (χ1n) is 7.77. The van der Waals surface area contributed by atoms with Crippen LogP contribution < -0.4 is 4.90 Å². The number of hydrogen-bond donors (Lipinski definition) is 0. The number of piperazine rings is 1. The Morgan fingerprint density at radius 2 is 1.87 bits per heavy atom. The van der Waals surface area contributed by atoms with Gasteiger partial charge in [0.05, 0.1) is 19.9 Å². The second-order valence-corrected chi connectivity index (χ2v) is 5.50. The number of ether oxygens (including phenoxy) is 1. The molecule has 1 aliphatic rings. The minimum Gasteiger partial charge on any atom is -0.464 e. The first-order valence-corrected chi connectivity index (χ1v) is 7.77. The molecule has 1 saturated heterocycles. The molecule has 23 heavy (non-hydrogen) atoms. The number of esters is 1. The van der Waals surface area contributed by atoms with Crippen molar-refractivity contribution in [2.24, 2.45) is 0 Å². The fourth-order valence-corrected chi connectivity index (χ4v) is 2.79. The van der Waals surface area contributed by atoms with Crippen LogP contribution in [-0.2, 0) is 11.3 Å². The van der Waals surface area contributed by atoms with Gasteiger partial charge in [0.2, 0.25) is 0 Å². The van der Waals surface area contributed by atoms with Crippen molar-refractivity contribution < 1.29 is 9.53 Å². The maximum Gasteiger partial charge on any atom is 0.358 e. The molecule has 2 heterocycles. The van der Waals surface area contributed by atoms with E-state index in [9.17, 15) is 4.79 Å². The van der Waals surface area contributed by atoms with Gasteiger partial charge >= 0.3 is 5.97 Å². The molecule has 1 aliphatic heterocycles. The van der Waals surface area contributed by atoms with Crippen LogP contribution in [0.5, 0.6) is 0 Å². The highest BCUT2D eigenvalue weighted by atomic mass is 16.5. The van der Waals surface area contributed by atoms with Gasteiger partial charge in [-0.15, -0.1) is 5.10 Å². The number of carbonyl (C=O) groups excluding carboxylic acids is 1. The van der Waals surface area contributed by atoms with Gasteiger partial charge in [0.25, 0.3) is 0 Å². The maximum atomic E-state index is 11.6. The molecule has 1 aromatic heterocycles. The van der Waals surface area contributed by atoms with Gasteiger partial charge in [-0.05, 0) is 12.1 Å². The van der Waals surface area contributed by atoms with Crippen LogP contribution in [0.15, 0.2) is 36.5 Å². The van der Waals surface area contributed by atoms with Crippen LogP contribution in [-0.4, -0.2) is 65.7 Å². The summed E-state index contributed by atoms with van der Waals surface area (Å²) in [5, 5.41) is 7.75. The van der Waals surface area contributed by atoms with Crippen molar-refractivity contribution in [3.8, 4) is 0 Å². The molecular weight excluding hydrogens is 294 g/mol. The lowest BCUT2D eigenvalue weighted by Gasteiger charge is -2.36. The highest BCUT2D eigenvalue weighted by molar-refractivity contribution is 5.86. The van der Waals surface area contributed by atoms with Gasteiger partial charge in [0, 0.05) is 38.4 Å². The van der Waals surface area contributed by atoms with E-state index in [-0.39, 0.29) is 0 Å². The summed E-state index contributed by atoms with van der Waals surface area (Å²) in [6.45, 7) is 5.48. The summed E-state index contributed by atoms with van der Waals surface area (Å²) >= 11 is 0.